The van der Waals surface area contributed by atoms with Crippen molar-refractivity contribution in [3.63, 3.8) is 0 Å². The fraction of sp³-hybridized carbons (Fsp3) is 0.737. The molecule has 2 atom stereocenters. The van der Waals surface area contributed by atoms with Gasteiger partial charge >= 0.3 is 0 Å². The molecular formula is C19H28BrNO2S. The van der Waals surface area contributed by atoms with Gasteiger partial charge in [-0.25, -0.2) is 0 Å². The Morgan fingerprint density at radius 1 is 1.33 bits per heavy atom. The number of hydrogen-bond acceptors (Lipinski definition) is 3. The van der Waals surface area contributed by atoms with Gasteiger partial charge in [-0.1, -0.05) is 32.5 Å². The van der Waals surface area contributed by atoms with E-state index in [0.717, 1.165) is 44.2 Å². The summed E-state index contributed by atoms with van der Waals surface area (Å²) in [6.07, 6.45) is 11.2. The van der Waals surface area contributed by atoms with Crippen LogP contribution in [0.4, 0.5) is 0 Å². The zero-order valence-corrected chi connectivity index (χ0v) is 17.5. The minimum Gasteiger partial charge on any atom is -0.591 e. The number of halogens is 1. The first-order chi connectivity index (χ1) is 11.2. The number of nitrogens with zero attached hydrogens (tertiary/aromatic N) is 1. The highest BCUT2D eigenvalue weighted by Gasteiger charge is 2.49. The molecule has 0 aromatic heterocycles. The third kappa shape index (κ3) is 3.55. The molecule has 0 N–H and O–H groups in total. The molecule has 1 spiro atoms. The quantitative estimate of drug-likeness (QED) is 0.477. The Morgan fingerprint density at radius 3 is 2.58 bits per heavy atom. The summed E-state index contributed by atoms with van der Waals surface area (Å²) in [6, 6.07) is 0. The Morgan fingerprint density at radius 2 is 2.00 bits per heavy atom. The van der Waals surface area contributed by atoms with Gasteiger partial charge in [0.1, 0.15) is 21.8 Å². The van der Waals surface area contributed by atoms with Crippen molar-refractivity contribution in [3.05, 3.63) is 23.3 Å². The third-order valence-electron chi connectivity index (χ3n) is 5.53. The fourth-order valence-corrected chi connectivity index (χ4v) is 5.28. The van der Waals surface area contributed by atoms with Crippen molar-refractivity contribution < 1.29 is 9.29 Å². The van der Waals surface area contributed by atoms with Crippen molar-refractivity contribution in [2.45, 2.75) is 75.0 Å². The zero-order valence-electron chi connectivity index (χ0n) is 15.1. The van der Waals surface area contributed by atoms with Gasteiger partial charge in [0.05, 0.1) is 6.10 Å². The maximum Gasteiger partial charge on any atom is 0.144 e. The molecule has 0 aromatic rings. The lowest BCUT2D eigenvalue weighted by atomic mass is 9.69. The number of ether oxygens (including phenoxy) is 1. The summed E-state index contributed by atoms with van der Waals surface area (Å²) in [7, 11) is 1.81. The van der Waals surface area contributed by atoms with Gasteiger partial charge in [-0.05, 0) is 70.4 Å². The second-order valence-electron chi connectivity index (χ2n) is 8.28. The minimum absolute atomic E-state index is 0.0714. The Bertz CT molecular complexity index is 583. The van der Waals surface area contributed by atoms with Crippen LogP contribution in [-0.4, -0.2) is 33.1 Å². The summed E-state index contributed by atoms with van der Waals surface area (Å²) in [6.45, 7) is 6.00. The molecule has 24 heavy (non-hydrogen) atoms. The van der Waals surface area contributed by atoms with Gasteiger partial charge < -0.3 is 9.29 Å². The first kappa shape index (κ1) is 18.7. The molecule has 1 saturated carbocycles. The lowest BCUT2D eigenvalue weighted by molar-refractivity contribution is 0.0469. The van der Waals surface area contributed by atoms with Crippen LogP contribution < -0.4 is 0 Å². The van der Waals surface area contributed by atoms with Gasteiger partial charge in [-0.15, -0.1) is 0 Å². The standard InChI is InChI=1S/C19H28BrNO2S/c1-18(2,3)24(22)21-17-16-11-14(20)6-5-13(16)12-19(17)9-7-15(23-4)8-10-19/h5-6,14-15H,7-12H2,1-4H3. The Hall–Kier alpha value is -0.100. The second kappa shape index (κ2) is 6.90. The van der Waals surface area contributed by atoms with E-state index in [-0.39, 0.29) is 10.2 Å². The summed E-state index contributed by atoms with van der Waals surface area (Å²) < 4.78 is 22.8. The van der Waals surface area contributed by atoms with E-state index in [4.69, 9.17) is 9.13 Å². The lowest BCUT2D eigenvalue weighted by Crippen LogP contribution is -2.37. The molecule has 1 fully saturated rings. The topological polar surface area (TPSA) is 44.6 Å². The highest BCUT2D eigenvalue weighted by molar-refractivity contribution is 9.09. The summed E-state index contributed by atoms with van der Waals surface area (Å²) in [5.74, 6) is 0. The van der Waals surface area contributed by atoms with E-state index in [1.54, 1.807) is 0 Å². The normalized spacial score (nSPS) is 36.5. The van der Waals surface area contributed by atoms with Crippen molar-refractivity contribution in [3.8, 4) is 0 Å². The summed E-state index contributed by atoms with van der Waals surface area (Å²) in [4.78, 5) is 0.356. The zero-order chi connectivity index (χ0) is 17.5. The highest BCUT2D eigenvalue weighted by atomic mass is 79.9. The molecule has 0 aromatic carbocycles. The molecule has 0 amide bonds. The second-order valence-corrected chi connectivity index (χ2v) is 11.4. The summed E-state index contributed by atoms with van der Waals surface area (Å²) in [5.41, 5.74) is 3.95. The molecule has 0 aliphatic heterocycles. The van der Waals surface area contributed by atoms with Gasteiger partial charge in [0.15, 0.2) is 0 Å². The van der Waals surface area contributed by atoms with Crippen molar-refractivity contribution in [1.82, 2.24) is 0 Å². The molecule has 0 heterocycles. The number of rotatable bonds is 2. The van der Waals surface area contributed by atoms with Crippen LogP contribution in [0, 0.1) is 5.41 Å². The molecule has 0 bridgehead atoms. The Balaban J connectivity index is 1.95. The Kier molecular flexibility index (Phi) is 5.37. The average molecular weight is 414 g/mol. The molecule has 134 valence electrons. The lowest BCUT2D eigenvalue weighted by Gasteiger charge is -2.37. The van der Waals surface area contributed by atoms with E-state index in [9.17, 15) is 4.55 Å². The molecule has 3 rings (SSSR count). The average Bonchev–Trinajstić information content (AvgIpc) is 2.81. The van der Waals surface area contributed by atoms with Crippen LogP contribution in [0.3, 0.4) is 0 Å². The van der Waals surface area contributed by atoms with E-state index < -0.39 is 11.4 Å². The highest BCUT2D eigenvalue weighted by Crippen LogP contribution is 2.53. The molecule has 5 heteroatoms. The van der Waals surface area contributed by atoms with E-state index >= 15 is 0 Å². The van der Waals surface area contributed by atoms with Gasteiger partial charge in [0.2, 0.25) is 0 Å². The van der Waals surface area contributed by atoms with Crippen LogP contribution >= 0.6 is 15.9 Å². The van der Waals surface area contributed by atoms with Crippen LogP contribution in [0.5, 0.6) is 0 Å². The molecule has 3 nitrogen and oxygen atoms in total. The van der Waals surface area contributed by atoms with Crippen molar-refractivity contribution >= 4 is 33.0 Å². The maximum absolute atomic E-state index is 12.8. The van der Waals surface area contributed by atoms with Gasteiger partial charge in [-0.3, -0.25) is 0 Å². The minimum atomic E-state index is -1.21. The van der Waals surface area contributed by atoms with E-state index in [1.807, 2.05) is 27.9 Å². The summed E-state index contributed by atoms with van der Waals surface area (Å²) in [5, 5.41) is 0. The Labute approximate surface area is 157 Å². The predicted octanol–water partition coefficient (Wildman–Crippen LogP) is 4.89. The van der Waals surface area contributed by atoms with Gasteiger partial charge in [0.25, 0.3) is 0 Å². The van der Waals surface area contributed by atoms with Gasteiger partial charge in [-0.2, -0.15) is 0 Å². The first-order valence-electron chi connectivity index (χ1n) is 8.84. The fourth-order valence-electron chi connectivity index (χ4n) is 4.06. The number of methoxy groups -OCH3 is 1. The van der Waals surface area contributed by atoms with Crippen LogP contribution in [-0.2, 0) is 16.1 Å². The summed E-state index contributed by atoms with van der Waals surface area (Å²) >= 11 is 2.51. The predicted molar refractivity (Wildman–Crippen MR) is 105 cm³/mol. The van der Waals surface area contributed by atoms with E-state index in [2.05, 4.69) is 28.1 Å². The third-order valence-corrected chi connectivity index (χ3v) is 7.56. The van der Waals surface area contributed by atoms with E-state index in [1.165, 1.54) is 11.1 Å². The van der Waals surface area contributed by atoms with Crippen LogP contribution in [0.2, 0.25) is 0 Å². The van der Waals surface area contributed by atoms with Crippen LogP contribution in [0.25, 0.3) is 0 Å². The van der Waals surface area contributed by atoms with Crippen molar-refractivity contribution in [2.24, 2.45) is 9.81 Å². The molecule has 0 saturated heterocycles. The molecule has 0 radical (unpaired) electrons. The smallest absolute Gasteiger partial charge is 0.144 e. The van der Waals surface area contributed by atoms with Crippen LogP contribution in [0.15, 0.2) is 27.7 Å². The molecular weight excluding hydrogens is 386 g/mol. The van der Waals surface area contributed by atoms with Crippen molar-refractivity contribution in [1.29, 1.82) is 0 Å². The number of hydrogen-bond donors (Lipinski definition) is 0. The van der Waals surface area contributed by atoms with E-state index in [0.29, 0.717) is 10.9 Å². The van der Waals surface area contributed by atoms with Crippen molar-refractivity contribution in [2.75, 3.05) is 7.11 Å². The molecule has 3 aliphatic carbocycles. The number of allylic oxidation sites excluding steroid dienone is 4. The van der Waals surface area contributed by atoms with Crippen LogP contribution in [0.1, 0.15) is 59.3 Å². The largest absolute Gasteiger partial charge is 0.591 e. The first-order valence-corrected chi connectivity index (χ1v) is 10.9. The number of alkyl halides is 1. The van der Waals surface area contributed by atoms with Gasteiger partial charge in [0, 0.05) is 17.4 Å². The SMILES string of the molecule is COC1CCC2(CC1)CC1=C(CC(Br)C=C1)C2=N[S+]([O-])C(C)(C)C. The monoisotopic (exact) mass is 413 g/mol. The maximum atomic E-state index is 12.8. The molecule has 2 unspecified atom stereocenters. The molecule has 3 aliphatic rings.